The van der Waals surface area contributed by atoms with Crippen LogP contribution < -0.4 is 16.6 Å². The lowest BCUT2D eigenvalue weighted by molar-refractivity contribution is 1.12. The van der Waals surface area contributed by atoms with Crippen LogP contribution in [0, 0.1) is 6.92 Å². The Labute approximate surface area is 107 Å². The maximum absolute atomic E-state index is 6.08. The zero-order chi connectivity index (χ0) is 11.7. The number of nitrogens with one attached hydrogen (secondary N) is 2. The Hall–Kier alpha value is -1.11. The van der Waals surface area contributed by atoms with E-state index in [2.05, 4.69) is 28.1 Å². The standard InChI is InChI=1S/C9H9ClN4S2/c1-4-2-3-5(10)7-6(4)12-9(16-7)14-13-8(11)15/h2-3H,1H3,(H,12,14)(H3,11,13,15). The van der Waals surface area contributed by atoms with Gasteiger partial charge in [0, 0.05) is 0 Å². The first-order valence-electron chi connectivity index (χ1n) is 4.45. The highest BCUT2D eigenvalue weighted by Crippen LogP contribution is 2.33. The van der Waals surface area contributed by atoms with Crippen molar-refractivity contribution < 1.29 is 0 Å². The molecule has 4 nitrogen and oxygen atoms in total. The Balaban J connectivity index is 2.39. The summed E-state index contributed by atoms with van der Waals surface area (Å²) in [6.07, 6.45) is 0. The molecule has 1 heterocycles. The van der Waals surface area contributed by atoms with Crippen LogP contribution in [0.5, 0.6) is 0 Å². The molecular formula is C9H9ClN4S2. The van der Waals surface area contributed by atoms with Crippen molar-refractivity contribution in [3.63, 3.8) is 0 Å². The van der Waals surface area contributed by atoms with E-state index in [0.29, 0.717) is 10.2 Å². The van der Waals surface area contributed by atoms with Crippen LogP contribution in [0.25, 0.3) is 10.2 Å². The largest absolute Gasteiger partial charge is 0.375 e. The maximum atomic E-state index is 6.08. The fraction of sp³-hybridized carbons (Fsp3) is 0.111. The predicted octanol–water partition coefficient (Wildman–Crippen LogP) is 2.42. The van der Waals surface area contributed by atoms with Crippen LogP contribution >= 0.6 is 35.2 Å². The van der Waals surface area contributed by atoms with Crippen molar-refractivity contribution in [1.29, 1.82) is 0 Å². The number of hydrazine groups is 1. The number of halogens is 1. The summed E-state index contributed by atoms with van der Waals surface area (Å²) < 4.78 is 0.953. The number of anilines is 1. The van der Waals surface area contributed by atoms with Crippen LogP contribution in [-0.4, -0.2) is 10.1 Å². The van der Waals surface area contributed by atoms with Crippen LogP contribution in [0.1, 0.15) is 5.56 Å². The van der Waals surface area contributed by atoms with Gasteiger partial charge >= 0.3 is 0 Å². The molecule has 2 rings (SSSR count). The molecule has 0 fully saturated rings. The first kappa shape index (κ1) is 11.4. The van der Waals surface area contributed by atoms with Gasteiger partial charge in [-0.2, -0.15) is 0 Å². The lowest BCUT2D eigenvalue weighted by atomic mass is 10.2. The summed E-state index contributed by atoms with van der Waals surface area (Å²) in [5, 5.41) is 1.54. The van der Waals surface area contributed by atoms with Gasteiger partial charge < -0.3 is 5.73 Å². The molecule has 16 heavy (non-hydrogen) atoms. The van der Waals surface area contributed by atoms with Gasteiger partial charge in [0.15, 0.2) is 5.11 Å². The number of aromatic nitrogens is 1. The summed E-state index contributed by atoms with van der Waals surface area (Å²) in [6.45, 7) is 1.99. The predicted molar refractivity (Wildman–Crippen MR) is 72.9 cm³/mol. The highest BCUT2D eigenvalue weighted by atomic mass is 35.5. The normalized spacial score (nSPS) is 10.4. The quantitative estimate of drug-likeness (QED) is 0.579. The molecular weight excluding hydrogens is 264 g/mol. The minimum absolute atomic E-state index is 0.169. The summed E-state index contributed by atoms with van der Waals surface area (Å²) >= 11 is 12.2. The number of thiazole rings is 1. The molecule has 0 radical (unpaired) electrons. The number of benzene rings is 1. The molecule has 4 N–H and O–H groups in total. The third kappa shape index (κ3) is 2.18. The molecule has 0 saturated heterocycles. The SMILES string of the molecule is Cc1ccc(Cl)c2sc(NNC(N)=S)nc12. The van der Waals surface area contributed by atoms with E-state index in [1.807, 2.05) is 19.1 Å². The van der Waals surface area contributed by atoms with E-state index in [9.17, 15) is 0 Å². The second-order valence-electron chi connectivity index (χ2n) is 3.18. The number of aryl methyl sites for hydroxylation is 1. The minimum atomic E-state index is 0.169. The number of rotatable bonds is 2. The molecule has 2 aromatic rings. The van der Waals surface area contributed by atoms with E-state index < -0.39 is 0 Å². The van der Waals surface area contributed by atoms with Crippen LogP contribution in [-0.2, 0) is 0 Å². The van der Waals surface area contributed by atoms with E-state index in [4.69, 9.17) is 17.3 Å². The summed E-state index contributed by atoms with van der Waals surface area (Å²) in [6, 6.07) is 3.80. The Morgan fingerprint density at radius 1 is 1.56 bits per heavy atom. The highest BCUT2D eigenvalue weighted by Gasteiger charge is 2.08. The van der Waals surface area contributed by atoms with Crippen molar-refractivity contribution in [2.45, 2.75) is 6.92 Å². The molecule has 0 aliphatic rings. The summed E-state index contributed by atoms with van der Waals surface area (Å²) in [5.41, 5.74) is 12.7. The first-order valence-corrected chi connectivity index (χ1v) is 6.05. The van der Waals surface area contributed by atoms with E-state index in [1.54, 1.807) is 0 Å². The number of hydrogen-bond donors (Lipinski definition) is 3. The molecule has 0 aliphatic carbocycles. The van der Waals surface area contributed by atoms with Gasteiger partial charge in [-0.05, 0) is 30.8 Å². The third-order valence-electron chi connectivity index (χ3n) is 1.99. The Bertz CT molecular complexity index is 513. The number of nitrogens with zero attached hydrogens (tertiary/aromatic N) is 1. The number of fused-ring (bicyclic) bond motifs is 1. The Morgan fingerprint density at radius 3 is 2.94 bits per heavy atom. The summed E-state index contributed by atoms with van der Waals surface area (Å²) in [4.78, 5) is 4.39. The third-order valence-corrected chi connectivity index (χ3v) is 3.52. The van der Waals surface area contributed by atoms with Gasteiger partial charge in [-0.25, -0.2) is 4.98 Å². The Kier molecular flexibility index (Phi) is 3.13. The van der Waals surface area contributed by atoms with Gasteiger partial charge in [0.25, 0.3) is 0 Å². The van der Waals surface area contributed by atoms with Gasteiger partial charge in [-0.1, -0.05) is 29.0 Å². The number of nitrogens with two attached hydrogens (primary N) is 1. The van der Waals surface area contributed by atoms with Crippen LogP contribution in [0.15, 0.2) is 12.1 Å². The highest BCUT2D eigenvalue weighted by molar-refractivity contribution is 7.80. The minimum Gasteiger partial charge on any atom is -0.375 e. The topological polar surface area (TPSA) is 63.0 Å². The van der Waals surface area contributed by atoms with E-state index in [1.165, 1.54) is 11.3 Å². The van der Waals surface area contributed by atoms with Crippen molar-refractivity contribution >= 4 is 55.6 Å². The average molecular weight is 273 g/mol. The van der Waals surface area contributed by atoms with E-state index >= 15 is 0 Å². The number of hydrogen-bond acceptors (Lipinski definition) is 4. The van der Waals surface area contributed by atoms with Crippen molar-refractivity contribution in [2.24, 2.45) is 5.73 Å². The fourth-order valence-corrected chi connectivity index (χ4v) is 2.49. The molecule has 0 saturated carbocycles. The monoisotopic (exact) mass is 272 g/mol. The lowest BCUT2D eigenvalue weighted by Gasteiger charge is -2.01. The summed E-state index contributed by atoms with van der Waals surface area (Å²) in [7, 11) is 0. The van der Waals surface area contributed by atoms with E-state index in [0.717, 1.165) is 15.8 Å². The second-order valence-corrected chi connectivity index (χ2v) is 5.02. The van der Waals surface area contributed by atoms with E-state index in [-0.39, 0.29) is 5.11 Å². The smallest absolute Gasteiger partial charge is 0.202 e. The molecule has 0 unspecified atom stereocenters. The average Bonchev–Trinajstić information content (AvgIpc) is 2.66. The molecule has 84 valence electrons. The van der Waals surface area contributed by atoms with Crippen molar-refractivity contribution in [1.82, 2.24) is 10.4 Å². The van der Waals surface area contributed by atoms with Crippen molar-refractivity contribution in [3.8, 4) is 0 Å². The fourth-order valence-electron chi connectivity index (χ4n) is 1.27. The second kappa shape index (κ2) is 4.40. The van der Waals surface area contributed by atoms with Gasteiger partial charge in [-0.15, -0.1) is 0 Å². The summed E-state index contributed by atoms with van der Waals surface area (Å²) in [5.74, 6) is 0. The number of thiocarbonyl (C=S) groups is 1. The van der Waals surface area contributed by atoms with Crippen LogP contribution in [0.2, 0.25) is 5.02 Å². The van der Waals surface area contributed by atoms with Crippen molar-refractivity contribution in [2.75, 3.05) is 5.43 Å². The lowest BCUT2D eigenvalue weighted by Crippen LogP contribution is -2.33. The first-order chi connectivity index (χ1) is 7.58. The molecule has 1 aromatic carbocycles. The van der Waals surface area contributed by atoms with Crippen molar-refractivity contribution in [3.05, 3.63) is 22.7 Å². The van der Waals surface area contributed by atoms with Gasteiger partial charge in [0.1, 0.15) is 0 Å². The molecule has 0 amide bonds. The van der Waals surface area contributed by atoms with Crippen LogP contribution in [0.3, 0.4) is 0 Å². The molecule has 1 aromatic heterocycles. The van der Waals surface area contributed by atoms with Gasteiger partial charge in [0.2, 0.25) is 5.13 Å². The maximum Gasteiger partial charge on any atom is 0.202 e. The molecule has 0 atom stereocenters. The zero-order valence-electron chi connectivity index (χ0n) is 8.37. The molecule has 0 aliphatic heterocycles. The molecule has 7 heteroatoms. The van der Waals surface area contributed by atoms with Crippen LogP contribution in [0.4, 0.5) is 5.13 Å². The zero-order valence-corrected chi connectivity index (χ0v) is 10.8. The Morgan fingerprint density at radius 2 is 2.31 bits per heavy atom. The molecule has 0 bridgehead atoms. The van der Waals surface area contributed by atoms with Gasteiger partial charge in [0.05, 0.1) is 15.2 Å². The van der Waals surface area contributed by atoms with Gasteiger partial charge in [-0.3, -0.25) is 10.9 Å². The molecule has 0 spiro atoms.